The maximum atomic E-state index is 6.90. The highest BCUT2D eigenvalue weighted by Crippen LogP contribution is 2.48. The molecule has 0 saturated carbocycles. The van der Waals surface area contributed by atoms with Crippen LogP contribution in [0, 0.1) is 0 Å². The first-order valence-electron chi connectivity index (χ1n) is 24.9. The van der Waals surface area contributed by atoms with Crippen LogP contribution in [-0.2, 0) is 16.2 Å². The van der Waals surface area contributed by atoms with Gasteiger partial charge in [0.15, 0.2) is 0 Å². The summed E-state index contributed by atoms with van der Waals surface area (Å²) in [6, 6.07) is 70.4. The van der Waals surface area contributed by atoms with Crippen LogP contribution in [0.4, 0.5) is 22.7 Å². The quantitative estimate of drug-likeness (QED) is 0.152. The zero-order valence-corrected chi connectivity index (χ0v) is 42.5. The summed E-state index contributed by atoms with van der Waals surface area (Å²) in [6.45, 7) is 21.3. The van der Waals surface area contributed by atoms with Gasteiger partial charge in [-0.25, -0.2) is 4.98 Å². The Kier molecular flexibility index (Phi) is 11.2. The molecule has 11 rings (SSSR count). The van der Waals surface area contributed by atoms with Gasteiger partial charge in [-0.1, -0.05) is 172 Å². The van der Waals surface area contributed by atoms with E-state index in [1.165, 1.54) is 61.4 Å². The Morgan fingerprint density at radius 2 is 0.944 bits per heavy atom. The third kappa shape index (κ3) is 8.86. The fourth-order valence-corrected chi connectivity index (χ4v) is 9.98. The molecule has 3 heterocycles. The Bertz CT molecular complexity index is 3560. The van der Waals surface area contributed by atoms with Crippen molar-refractivity contribution in [3.05, 3.63) is 217 Å². The molecule has 0 atom stereocenters. The lowest BCUT2D eigenvalue weighted by Crippen LogP contribution is -2.25. The molecule has 10 aromatic rings. The third-order valence-corrected chi connectivity index (χ3v) is 14.2. The number of rotatable bonds is 8. The lowest BCUT2D eigenvalue weighted by molar-refractivity contribution is 0.483. The summed E-state index contributed by atoms with van der Waals surface area (Å²) >= 11 is 0. The number of benzene rings is 8. The first-order valence-corrected chi connectivity index (χ1v) is 24.9. The zero-order valence-electron chi connectivity index (χ0n) is 42.5. The van der Waals surface area contributed by atoms with Crippen molar-refractivity contribution >= 4 is 44.6 Å². The van der Waals surface area contributed by atoms with Crippen LogP contribution in [0.5, 0.6) is 11.5 Å². The lowest BCUT2D eigenvalue weighted by atomic mass is 9.80. The van der Waals surface area contributed by atoms with E-state index >= 15 is 0 Å². The molecule has 0 bridgehead atoms. The summed E-state index contributed by atoms with van der Waals surface area (Å²) in [5.74, 6) is 2.41. The third-order valence-electron chi connectivity index (χ3n) is 14.2. The van der Waals surface area contributed by atoms with Gasteiger partial charge in [-0.05, 0) is 139 Å². The van der Waals surface area contributed by atoms with Crippen LogP contribution in [0.3, 0.4) is 0 Å². The van der Waals surface area contributed by atoms with Gasteiger partial charge < -0.3 is 14.5 Å². The Morgan fingerprint density at radius 1 is 0.380 bits per heavy atom. The minimum Gasteiger partial charge on any atom is -0.457 e. The lowest BCUT2D eigenvalue weighted by Gasteiger charge is -2.29. The monoisotopic (exact) mass is 926 g/mol. The van der Waals surface area contributed by atoms with Gasteiger partial charge in [-0.3, -0.25) is 4.57 Å². The predicted octanol–water partition coefficient (Wildman–Crippen LogP) is 18.1. The Morgan fingerprint density at radius 3 is 1.61 bits per heavy atom. The molecule has 352 valence electrons. The second-order valence-corrected chi connectivity index (χ2v) is 22.3. The second-order valence-electron chi connectivity index (χ2n) is 22.3. The number of pyridine rings is 1. The molecule has 0 fully saturated rings. The van der Waals surface area contributed by atoms with Gasteiger partial charge in [0.05, 0.1) is 22.4 Å². The highest BCUT2D eigenvalue weighted by atomic mass is 16.5. The first kappa shape index (κ1) is 45.5. The van der Waals surface area contributed by atoms with Gasteiger partial charge in [-0.15, -0.1) is 0 Å². The van der Waals surface area contributed by atoms with Crippen LogP contribution in [-0.4, -0.2) is 16.2 Å². The molecule has 0 amide bonds. The topological polar surface area (TPSA) is 33.5 Å². The number of hydrogen-bond acceptors (Lipinski definition) is 4. The number of hydrogen-bond donors (Lipinski definition) is 0. The number of aromatic nitrogens is 2. The molecular weight excluding hydrogens is 865 g/mol. The summed E-state index contributed by atoms with van der Waals surface area (Å²) in [5.41, 5.74) is 17.7. The summed E-state index contributed by atoms with van der Waals surface area (Å²) < 4.78 is 9.20. The van der Waals surface area contributed by atoms with E-state index in [0.29, 0.717) is 6.67 Å². The first-order chi connectivity index (χ1) is 34.0. The molecule has 8 aromatic carbocycles. The van der Waals surface area contributed by atoms with Crippen LogP contribution in [0.15, 0.2) is 200 Å². The van der Waals surface area contributed by atoms with Gasteiger partial charge in [0.2, 0.25) is 0 Å². The highest BCUT2D eigenvalue weighted by Gasteiger charge is 2.31. The van der Waals surface area contributed by atoms with Crippen LogP contribution in [0.1, 0.15) is 79.0 Å². The Labute approximate surface area is 419 Å². The molecule has 0 spiro atoms. The molecule has 0 N–H and O–H groups in total. The van der Waals surface area contributed by atoms with E-state index < -0.39 is 0 Å². The molecule has 0 saturated heterocycles. The van der Waals surface area contributed by atoms with Crippen molar-refractivity contribution in [3.8, 4) is 50.7 Å². The summed E-state index contributed by atoms with van der Waals surface area (Å²) in [7, 11) is 0. The van der Waals surface area contributed by atoms with Crippen molar-refractivity contribution in [2.75, 3.05) is 16.5 Å². The number of ether oxygens (including phenoxy) is 1. The molecule has 0 unspecified atom stereocenters. The van der Waals surface area contributed by atoms with Crippen molar-refractivity contribution in [1.82, 2.24) is 9.55 Å². The molecule has 5 heteroatoms. The van der Waals surface area contributed by atoms with E-state index in [-0.39, 0.29) is 16.2 Å². The second kappa shape index (κ2) is 17.5. The van der Waals surface area contributed by atoms with Crippen LogP contribution in [0.2, 0.25) is 0 Å². The van der Waals surface area contributed by atoms with Gasteiger partial charge in [-0.2, -0.15) is 0 Å². The minimum absolute atomic E-state index is 0.0149. The van der Waals surface area contributed by atoms with Crippen molar-refractivity contribution in [3.63, 3.8) is 0 Å². The van der Waals surface area contributed by atoms with Crippen molar-refractivity contribution in [2.45, 2.75) is 78.6 Å². The maximum Gasteiger partial charge on any atom is 0.137 e. The Balaban J connectivity index is 0.977. The van der Waals surface area contributed by atoms with Crippen molar-refractivity contribution < 1.29 is 4.74 Å². The summed E-state index contributed by atoms with van der Waals surface area (Å²) in [6.07, 6.45) is 1.94. The van der Waals surface area contributed by atoms with E-state index in [2.05, 4.69) is 271 Å². The van der Waals surface area contributed by atoms with E-state index in [1.54, 1.807) is 0 Å². The normalized spacial score (nSPS) is 13.0. The molecule has 5 nitrogen and oxygen atoms in total. The average molecular weight is 927 g/mol. The fourth-order valence-electron chi connectivity index (χ4n) is 9.98. The minimum atomic E-state index is -0.0439. The van der Waals surface area contributed by atoms with Crippen molar-refractivity contribution in [1.29, 1.82) is 0 Å². The maximum absolute atomic E-state index is 6.90. The number of nitrogens with zero attached hydrogens (tertiary/aromatic N) is 4. The van der Waals surface area contributed by atoms with E-state index in [1.807, 2.05) is 6.20 Å². The molecule has 71 heavy (non-hydrogen) atoms. The molecule has 0 aliphatic carbocycles. The largest absolute Gasteiger partial charge is 0.457 e. The number of anilines is 4. The molecule has 0 radical (unpaired) electrons. The van der Waals surface area contributed by atoms with Gasteiger partial charge in [0, 0.05) is 40.5 Å². The fraction of sp³-hybridized carbons (Fsp3) is 0.197. The summed E-state index contributed by atoms with van der Waals surface area (Å²) in [4.78, 5) is 9.90. The van der Waals surface area contributed by atoms with Crippen LogP contribution < -0.4 is 14.5 Å². The van der Waals surface area contributed by atoms with E-state index in [9.17, 15) is 0 Å². The molecule has 2 aromatic heterocycles. The molecular formula is C66H62N4O. The average Bonchev–Trinajstić information content (AvgIpc) is 3.91. The standard InChI is InChI=1S/C66H62N4O/c1-64(2,3)50-33-34-67-63(40-50)70-59-31-27-48(47-25-23-46(24-26-47)44-17-12-10-13-18-44)35-58(59)57-30-29-56(42-61(57)70)71-55-22-16-21-53(41-55)68-43-69(54-38-51(65(4,5)6)37-52(39-54)66(7,8)9)62-36-49(28-32-60(62)68)45-19-14-11-15-20-45/h10-42H,43H2,1-9H3. The van der Waals surface area contributed by atoms with Gasteiger partial charge in [0.1, 0.15) is 24.0 Å². The highest BCUT2D eigenvalue weighted by molar-refractivity contribution is 6.10. The molecule has 1 aliphatic rings. The predicted molar refractivity (Wildman–Crippen MR) is 300 cm³/mol. The number of fused-ring (bicyclic) bond motifs is 4. The molecule has 1 aliphatic heterocycles. The van der Waals surface area contributed by atoms with Crippen molar-refractivity contribution in [2.24, 2.45) is 0 Å². The van der Waals surface area contributed by atoms with E-state index in [4.69, 9.17) is 9.72 Å². The summed E-state index contributed by atoms with van der Waals surface area (Å²) in [5, 5.41) is 2.30. The van der Waals surface area contributed by atoms with Crippen LogP contribution in [0.25, 0.3) is 61.0 Å². The Hall–Kier alpha value is -7.89. The van der Waals surface area contributed by atoms with Gasteiger partial charge in [0.25, 0.3) is 0 Å². The van der Waals surface area contributed by atoms with Crippen LogP contribution >= 0.6 is 0 Å². The van der Waals surface area contributed by atoms with E-state index in [0.717, 1.165) is 50.5 Å². The zero-order chi connectivity index (χ0) is 49.2. The smallest absolute Gasteiger partial charge is 0.137 e. The van der Waals surface area contributed by atoms with Gasteiger partial charge >= 0.3 is 0 Å². The SMILES string of the molecule is CC(C)(C)c1cc(N2CN(c3cccc(Oc4ccc5c6cc(-c7ccc(-c8ccccc8)cc7)ccc6n(-c6cc(C(C)(C)C)ccn6)c5c4)c3)c3ccc(-c4ccccc4)cc32)cc(C(C)(C)C)c1.